The average Bonchev–Trinajstić information content (AvgIpc) is 2.18. The number of benzene rings is 1. The molecule has 1 aromatic rings. The number of hydrogen-bond donors (Lipinski definition) is 1. The van der Waals surface area contributed by atoms with Crippen molar-refractivity contribution in [2.75, 3.05) is 13.2 Å². The third-order valence-corrected chi connectivity index (χ3v) is 2.15. The van der Waals surface area contributed by atoms with Crippen molar-refractivity contribution in [1.82, 2.24) is 0 Å². The van der Waals surface area contributed by atoms with Crippen LogP contribution in [0.3, 0.4) is 0 Å². The lowest BCUT2D eigenvalue weighted by molar-refractivity contribution is 0.305. The summed E-state index contributed by atoms with van der Waals surface area (Å²) in [6, 6.07) is 7.46. The van der Waals surface area contributed by atoms with Gasteiger partial charge in [-0.1, -0.05) is 17.7 Å². The van der Waals surface area contributed by atoms with Gasteiger partial charge in [-0.05, 0) is 44.0 Å². The number of hydrogen-bond acceptors (Lipinski definition) is 2. The summed E-state index contributed by atoms with van der Waals surface area (Å²) >= 11 is 5.81. The first-order valence-electron chi connectivity index (χ1n) is 4.91. The van der Waals surface area contributed by atoms with Crippen molar-refractivity contribution in [2.24, 2.45) is 5.73 Å². The highest BCUT2D eigenvalue weighted by Crippen LogP contribution is 2.17. The number of ether oxygens (including phenoxy) is 1. The summed E-state index contributed by atoms with van der Waals surface area (Å²) in [5, 5.41) is 0.712. The van der Waals surface area contributed by atoms with Crippen LogP contribution >= 0.6 is 11.6 Å². The van der Waals surface area contributed by atoms with Crippen LogP contribution in [0.2, 0.25) is 5.02 Å². The second-order valence-electron chi connectivity index (χ2n) is 3.16. The summed E-state index contributed by atoms with van der Waals surface area (Å²) in [6.45, 7) is 1.50. The zero-order valence-corrected chi connectivity index (χ0v) is 8.96. The normalized spacial score (nSPS) is 10.1. The van der Waals surface area contributed by atoms with Crippen LogP contribution in [0, 0.1) is 0 Å². The van der Waals surface area contributed by atoms with Crippen molar-refractivity contribution in [3.05, 3.63) is 29.3 Å². The van der Waals surface area contributed by atoms with Crippen LogP contribution in [0.5, 0.6) is 5.75 Å². The van der Waals surface area contributed by atoms with Crippen LogP contribution in [0.25, 0.3) is 0 Å². The fourth-order valence-electron chi connectivity index (χ4n) is 1.17. The SMILES string of the molecule is NCCCCCOc1cccc(Cl)c1. The molecule has 14 heavy (non-hydrogen) atoms. The van der Waals surface area contributed by atoms with E-state index >= 15 is 0 Å². The zero-order valence-electron chi connectivity index (χ0n) is 8.21. The van der Waals surface area contributed by atoms with Gasteiger partial charge in [-0.25, -0.2) is 0 Å². The van der Waals surface area contributed by atoms with E-state index in [1.807, 2.05) is 24.3 Å². The lowest BCUT2D eigenvalue weighted by Crippen LogP contribution is -2.01. The Morgan fingerprint density at radius 2 is 2.07 bits per heavy atom. The Bertz CT molecular complexity index is 265. The Morgan fingerprint density at radius 3 is 2.79 bits per heavy atom. The van der Waals surface area contributed by atoms with Crippen molar-refractivity contribution in [2.45, 2.75) is 19.3 Å². The third kappa shape index (κ3) is 4.49. The first kappa shape index (κ1) is 11.3. The second-order valence-corrected chi connectivity index (χ2v) is 3.59. The van der Waals surface area contributed by atoms with Gasteiger partial charge in [-0.2, -0.15) is 0 Å². The largest absolute Gasteiger partial charge is 0.494 e. The van der Waals surface area contributed by atoms with Crippen LogP contribution in [-0.2, 0) is 0 Å². The quantitative estimate of drug-likeness (QED) is 0.738. The number of halogens is 1. The van der Waals surface area contributed by atoms with Crippen LogP contribution in [0.15, 0.2) is 24.3 Å². The molecule has 2 N–H and O–H groups in total. The molecule has 1 aromatic carbocycles. The molecule has 0 radical (unpaired) electrons. The number of unbranched alkanes of at least 4 members (excludes halogenated alkanes) is 2. The molecule has 0 fully saturated rings. The van der Waals surface area contributed by atoms with Gasteiger partial charge in [0.05, 0.1) is 6.61 Å². The Balaban J connectivity index is 2.18. The summed E-state index contributed by atoms with van der Waals surface area (Å²) in [6.07, 6.45) is 3.24. The van der Waals surface area contributed by atoms with Crippen LogP contribution < -0.4 is 10.5 Å². The predicted octanol–water partition coefficient (Wildman–Crippen LogP) is 2.85. The van der Waals surface area contributed by atoms with E-state index in [1.54, 1.807) is 0 Å². The highest BCUT2D eigenvalue weighted by molar-refractivity contribution is 6.30. The standard InChI is InChI=1S/C11H16ClNO/c12-10-5-4-6-11(9-10)14-8-3-1-2-7-13/h4-6,9H,1-3,7-8,13H2. The van der Waals surface area contributed by atoms with Crippen molar-refractivity contribution in [1.29, 1.82) is 0 Å². The average molecular weight is 214 g/mol. The minimum absolute atomic E-state index is 0.712. The second kappa shape index (κ2) is 6.68. The van der Waals surface area contributed by atoms with Crippen LogP contribution in [0.1, 0.15) is 19.3 Å². The molecule has 0 heterocycles. The Hall–Kier alpha value is -0.730. The monoisotopic (exact) mass is 213 g/mol. The van der Waals surface area contributed by atoms with E-state index in [9.17, 15) is 0 Å². The van der Waals surface area contributed by atoms with E-state index < -0.39 is 0 Å². The Labute approximate surface area is 90.0 Å². The molecule has 0 aliphatic rings. The first-order valence-corrected chi connectivity index (χ1v) is 5.29. The van der Waals surface area contributed by atoms with Gasteiger partial charge in [0.25, 0.3) is 0 Å². The molecule has 0 aliphatic heterocycles. The predicted molar refractivity (Wildman–Crippen MR) is 59.9 cm³/mol. The Kier molecular flexibility index (Phi) is 5.42. The van der Waals surface area contributed by atoms with Crippen LogP contribution in [-0.4, -0.2) is 13.2 Å². The maximum Gasteiger partial charge on any atom is 0.120 e. The van der Waals surface area contributed by atoms with Crippen molar-refractivity contribution in [3.8, 4) is 5.75 Å². The van der Waals surface area contributed by atoms with Crippen molar-refractivity contribution >= 4 is 11.6 Å². The molecule has 3 heteroatoms. The minimum Gasteiger partial charge on any atom is -0.494 e. The maximum atomic E-state index is 5.81. The number of rotatable bonds is 6. The maximum absolute atomic E-state index is 5.81. The summed E-state index contributed by atoms with van der Waals surface area (Å²) in [4.78, 5) is 0. The topological polar surface area (TPSA) is 35.2 Å². The Morgan fingerprint density at radius 1 is 1.21 bits per heavy atom. The summed E-state index contributed by atoms with van der Waals surface area (Å²) in [7, 11) is 0. The van der Waals surface area contributed by atoms with Gasteiger partial charge in [0.1, 0.15) is 5.75 Å². The molecule has 0 aromatic heterocycles. The van der Waals surface area contributed by atoms with E-state index in [4.69, 9.17) is 22.1 Å². The fourth-order valence-corrected chi connectivity index (χ4v) is 1.35. The van der Waals surface area contributed by atoms with Gasteiger partial charge in [0.2, 0.25) is 0 Å². The van der Waals surface area contributed by atoms with Gasteiger partial charge in [0, 0.05) is 5.02 Å². The van der Waals surface area contributed by atoms with Gasteiger partial charge in [-0.15, -0.1) is 0 Å². The molecule has 0 atom stereocenters. The van der Waals surface area contributed by atoms with Gasteiger partial charge >= 0.3 is 0 Å². The van der Waals surface area contributed by atoms with E-state index in [2.05, 4.69) is 0 Å². The molecule has 0 aliphatic carbocycles. The van der Waals surface area contributed by atoms with E-state index in [-0.39, 0.29) is 0 Å². The lowest BCUT2D eigenvalue weighted by Gasteiger charge is -2.05. The molecule has 0 bridgehead atoms. The smallest absolute Gasteiger partial charge is 0.120 e. The summed E-state index contributed by atoms with van der Waals surface area (Å²) < 4.78 is 5.51. The van der Waals surface area contributed by atoms with E-state index in [0.29, 0.717) is 5.02 Å². The molecular weight excluding hydrogens is 198 g/mol. The molecule has 78 valence electrons. The molecule has 0 amide bonds. The van der Waals surface area contributed by atoms with Crippen LogP contribution in [0.4, 0.5) is 0 Å². The van der Waals surface area contributed by atoms with Gasteiger partial charge < -0.3 is 10.5 Å². The lowest BCUT2D eigenvalue weighted by atomic mass is 10.2. The molecule has 2 nitrogen and oxygen atoms in total. The van der Waals surface area contributed by atoms with Crippen molar-refractivity contribution in [3.63, 3.8) is 0 Å². The molecule has 1 rings (SSSR count). The highest BCUT2D eigenvalue weighted by atomic mass is 35.5. The van der Waals surface area contributed by atoms with E-state index in [0.717, 1.165) is 38.2 Å². The zero-order chi connectivity index (χ0) is 10.2. The van der Waals surface area contributed by atoms with Crippen molar-refractivity contribution < 1.29 is 4.74 Å². The van der Waals surface area contributed by atoms with Gasteiger partial charge in [0.15, 0.2) is 0 Å². The van der Waals surface area contributed by atoms with E-state index in [1.165, 1.54) is 0 Å². The molecule has 0 saturated heterocycles. The third-order valence-electron chi connectivity index (χ3n) is 1.91. The first-order chi connectivity index (χ1) is 6.83. The molecular formula is C11H16ClNO. The molecule has 0 saturated carbocycles. The highest BCUT2D eigenvalue weighted by Gasteiger charge is 1.94. The minimum atomic E-state index is 0.712. The fraction of sp³-hybridized carbons (Fsp3) is 0.455. The molecule has 0 spiro atoms. The number of nitrogens with two attached hydrogens (primary N) is 1. The van der Waals surface area contributed by atoms with Gasteiger partial charge in [-0.3, -0.25) is 0 Å². The molecule has 0 unspecified atom stereocenters. The summed E-state index contributed by atoms with van der Waals surface area (Å²) in [5.74, 6) is 0.838. The summed E-state index contributed by atoms with van der Waals surface area (Å²) in [5.41, 5.74) is 5.38.